The van der Waals surface area contributed by atoms with Gasteiger partial charge in [-0.3, -0.25) is 9.55 Å². The molecule has 2 aromatic carbocycles. The molecule has 0 aliphatic carbocycles. The number of nitrogens with zero attached hydrogens (tertiary/aromatic N) is 3. The number of rotatable bonds is 2. The quantitative estimate of drug-likeness (QED) is 0.570. The van der Waals surface area contributed by atoms with Gasteiger partial charge in [0.15, 0.2) is 11.5 Å². The Morgan fingerprint density at radius 2 is 1.78 bits per heavy atom. The first kappa shape index (κ1) is 15.5. The molecule has 27 heavy (non-hydrogen) atoms. The van der Waals surface area contributed by atoms with Crippen molar-refractivity contribution in [1.82, 2.24) is 14.5 Å². The Bertz CT molecular complexity index is 1170. The van der Waals surface area contributed by atoms with Gasteiger partial charge in [-0.15, -0.1) is 0 Å². The molecule has 0 atom stereocenters. The Morgan fingerprint density at radius 1 is 0.926 bits per heavy atom. The molecule has 0 saturated heterocycles. The van der Waals surface area contributed by atoms with Gasteiger partial charge in [-0.05, 0) is 30.3 Å². The largest absolute Gasteiger partial charge is 0.508 e. The lowest BCUT2D eigenvalue weighted by molar-refractivity contribution is 0.171. The van der Waals surface area contributed by atoms with Crippen LogP contribution in [-0.2, 0) is 0 Å². The number of ether oxygens (including phenoxy) is 2. The van der Waals surface area contributed by atoms with Gasteiger partial charge in [-0.2, -0.15) is 0 Å². The maximum absolute atomic E-state index is 10.4. The number of aromatic nitrogens is 3. The molecule has 3 heterocycles. The van der Waals surface area contributed by atoms with Crippen LogP contribution in [0.1, 0.15) is 0 Å². The molecule has 0 fully saturated rings. The third kappa shape index (κ3) is 2.52. The molecule has 1 aliphatic heterocycles. The van der Waals surface area contributed by atoms with Crippen LogP contribution in [0.3, 0.4) is 0 Å². The molecule has 0 saturated carbocycles. The normalized spacial score (nSPS) is 13.0. The fourth-order valence-corrected chi connectivity index (χ4v) is 3.25. The van der Waals surface area contributed by atoms with E-state index in [1.54, 1.807) is 18.5 Å². The summed E-state index contributed by atoms with van der Waals surface area (Å²) >= 11 is 0. The molecule has 2 aromatic heterocycles. The second-order valence-corrected chi connectivity index (χ2v) is 6.16. The number of benzene rings is 2. The van der Waals surface area contributed by atoms with Gasteiger partial charge < -0.3 is 19.7 Å². The lowest BCUT2D eigenvalue weighted by Crippen LogP contribution is -2.15. The van der Waals surface area contributed by atoms with E-state index in [1.807, 2.05) is 28.8 Å². The second-order valence-electron chi connectivity index (χ2n) is 6.16. The monoisotopic (exact) mass is 361 g/mol. The lowest BCUT2D eigenvalue weighted by Gasteiger charge is -2.19. The van der Waals surface area contributed by atoms with Crippen LogP contribution in [0.4, 0.5) is 0 Å². The number of fused-ring (bicyclic) bond motifs is 2. The van der Waals surface area contributed by atoms with Gasteiger partial charge in [0.25, 0.3) is 0 Å². The van der Waals surface area contributed by atoms with Crippen molar-refractivity contribution >= 4 is 11.0 Å². The van der Waals surface area contributed by atoms with Crippen molar-refractivity contribution in [3.8, 4) is 40.1 Å². The molecule has 0 spiro atoms. The Balaban J connectivity index is 1.78. The van der Waals surface area contributed by atoms with Crippen molar-refractivity contribution < 1.29 is 19.7 Å². The van der Waals surface area contributed by atoms with Crippen LogP contribution in [0.25, 0.3) is 28.1 Å². The highest BCUT2D eigenvalue weighted by Crippen LogP contribution is 2.38. The fourth-order valence-electron chi connectivity index (χ4n) is 3.25. The zero-order chi connectivity index (χ0) is 18.4. The summed E-state index contributed by atoms with van der Waals surface area (Å²) in [6, 6.07) is 11.9. The van der Waals surface area contributed by atoms with Crippen molar-refractivity contribution in [3.05, 3.63) is 54.9 Å². The van der Waals surface area contributed by atoms with Crippen LogP contribution in [-0.4, -0.2) is 38.0 Å². The van der Waals surface area contributed by atoms with Crippen LogP contribution in [0.15, 0.2) is 54.9 Å². The summed E-state index contributed by atoms with van der Waals surface area (Å²) in [5.41, 5.74) is 2.83. The van der Waals surface area contributed by atoms with Crippen LogP contribution in [0, 0.1) is 0 Å². The first-order valence-electron chi connectivity index (χ1n) is 8.45. The number of imidazole rings is 1. The molecule has 5 rings (SSSR count). The van der Waals surface area contributed by atoms with Crippen molar-refractivity contribution in [3.63, 3.8) is 0 Å². The van der Waals surface area contributed by atoms with E-state index in [0.717, 1.165) is 16.7 Å². The average Bonchev–Trinajstić information content (AvgIpc) is 3.06. The highest BCUT2D eigenvalue weighted by Gasteiger charge is 2.19. The van der Waals surface area contributed by atoms with E-state index in [-0.39, 0.29) is 11.5 Å². The molecule has 1 aliphatic rings. The smallest absolute Gasteiger partial charge is 0.163 e. The third-order valence-corrected chi connectivity index (χ3v) is 4.46. The number of phenols is 2. The maximum Gasteiger partial charge on any atom is 0.163 e. The summed E-state index contributed by atoms with van der Waals surface area (Å²) in [5, 5.41) is 20.0. The third-order valence-electron chi connectivity index (χ3n) is 4.46. The van der Waals surface area contributed by atoms with Gasteiger partial charge in [-0.25, -0.2) is 4.98 Å². The van der Waals surface area contributed by atoms with E-state index in [1.165, 1.54) is 12.1 Å². The van der Waals surface area contributed by atoms with Crippen LogP contribution >= 0.6 is 0 Å². The van der Waals surface area contributed by atoms with Crippen LogP contribution in [0.2, 0.25) is 0 Å². The molecule has 0 bridgehead atoms. The Hall–Kier alpha value is -3.74. The van der Waals surface area contributed by atoms with Gasteiger partial charge >= 0.3 is 0 Å². The van der Waals surface area contributed by atoms with Gasteiger partial charge in [0.1, 0.15) is 30.5 Å². The number of hydrogen-bond donors (Lipinski definition) is 2. The summed E-state index contributed by atoms with van der Waals surface area (Å²) in [7, 11) is 0. The standard InChI is InChI=1S/C20H15N3O4/c24-13-2-3-14(17(25)10-13)20-22-15-5-6-21-11-16(15)23(20)12-1-4-18-19(9-12)27-8-7-26-18/h1-6,9-11,24-25H,7-8H2. The van der Waals surface area contributed by atoms with E-state index in [4.69, 9.17) is 9.47 Å². The van der Waals surface area contributed by atoms with Crippen molar-refractivity contribution in [1.29, 1.82) is 0 Å². The second kappa shape index (κ2) is 5.91. The predicted molar refractivity (Wildman–Crippen MR) is 98.6 cm³/mol. The lowest BCUT2D eigenvalue weighted by atomic mass is 10.1. The number of phenolic OH excluding ortho intramolecular Hbond substituents is 2. The summed E-state index contributed by atoms with van der Waals surface area (Å²) in [4.78, 5) is 8.88. The van der Waals surface area contributed by atoms with Gasteiger partial charge in [0, 0.05) is 18.3 Å². The van der Waals surface area contributed by atoms with Crippen LogP contribution in [0.5, 0.6) is 23.0 Å². The number of aromatic hydroxyl groups is 2. The average molecular weight is 361 g/mol. The topological polar surface area (TPSA) is 89.6 Å². The molecule has 2 N–H and O–H groups in total. The van der Waals surface area contributed by atoms with Gasteiger partial charge in [0.05, 0.1) is 28.5 Å². The highest BCUT2D eigenvalue weighted by molar-refractivity contribution is 5.84. The molecule has 134 valence electrons. The number of pyridine rings is 1. The van der Waals surface area contributed by atoms with Crippen molar-refractivity contribution in [2.45, 2.75) is 0 Å². The molecule has 0 amide bonds. The minimum Gasteiger partial charge on any atom is -0.508 e. The van der Waals surface area contributed by atoms with Crippen molar-refractivity contribution in [2.75, 3.05) is 13.2 Å². The summed E-state index contributed by atoms with van der Waals surface area (Å²) < 4.78 is 13.2. The van der Waals surface area contributed by atoms with Gasteiger partial charge in [0.2, 0.25) is 0 Å². The minimum atomic E-state index is -0.0583. The Labute approximate surface area is 154 Å². The SMILES string of the molecule is Oc1ccc(-c2nc3ccncc3n2-c2ccc3c(c2)OCCO3)c(O)c1. The Morgan fingerprint density at radius 3 is 2.63 bits per heavy atom. The van der Waals surface area contributed by atoms with Crippen molar-refractivity contribution in [2.24, 2.45) is 0 Å². The molecule has 7 nitrogen and oxygen atoms in total. The van der Waals surface area contributed by atoms with E-state index >= 15 is 0 Å². The zero-order valence-electron chi connectivity index (χ0n) is 14.2. The molecular formula is C20H15N3O4. The highest BCUT2D eigenvalue weighted by atomic mass is 16.6. The zero-order valence-corrected chi connectivity index (χ0v) is 14.2. The molecule has 0 radical (unpaired) electrons. The summed E-state index contributed by atoms with van der Waals surface area (Å²) in [6.07, 6.45) is 3.39. The van der Waals surface area contributed by atoms with E-state index < -0.39 is 0 Å². The molecule has 0 unspecified atom stereocenters. The maximum atomic E-state index is 10.4. The number of hydrogen-bond acceptors (Lipinski definition) is 6. The molecular weight excluding hydrogens is 346 g/mol. The fraction of sp³-hybridized carbons (Fsp3) is 0.100. The summed E-state index contributed by atoms with van der Waals surface area (Å²) in [6.45, 7) is 1.02. The minimum absolute atomic E-state index is 0.0140. The molecule has 7 heteroatoms. The predicted octanol–water partition coefficient (Wildman–Crippen LogP) is 3.27. The van der Waals surface area contributed by atoms with Crippen LogP contribution < -0.4 is 9.47 Å². The van der Waals surface area contributed by atoms with E-state index in [0.29, 0.717) is 36.1 Å². The van der Waals surface area contributed by atoms with E-state index in [9.17, 15) is 10.2 Å². The van der Waals surface area contributed by atoms with E-state index in [2.05, 4.69) is 9.97 Å². The van der Waals surface area contributed by atoms with Gasteiger partial charge in [-0.1, -0.05) is 0 Å². The first-order valence-corrected chi connectivity index (χ1v) is 8.45. The molecule has 4 aromatic rings. The Kier molecular flexibility index (Phi) is 3.39. The first-order chi connectivity index (χ1) is 13.2. The summed E-state index contributed by atoms with van der Waals surface area (Å²) in [5.74, 6) is 1.82.